The topological polar surface area (TPSA) is 62.1 Å². The van der Waals surface area contributed by atoms with Crippen LogP contribution in [-0.2, 0) is 35.3 Å². The fourth-order valence-corrected chi connectivity index (χ4v) is 4.51. The molecule has 2 heterocycles. The number of aryl methyl sites for hydroxylation is 1. The van der Waals surface area contributed by atoms with Gasteiger partial charge in [0, 0.05) is 12.3 Å². The Morgan fingerprint density at radius 2 is 1.64 bits per heavy atom. The molecule has 36 heavy (non-hydrogen) atoms. The Bertz CT molecular complexity index is 1130. The smallest absolute Gasteiger partial charge is 0.378 e. The van der Waals surface area contributed by atoms with E-state index in [-0.39, 0.29) is 30.1 Å². The van der Waals surface area contributed by atoms with Crippen molar-refractivity contribution in [2.24, 2.45) is 13.0 Å². The van der Waals surface area contributed by atoms with Crippen molar-refractivity contribution in [2.75, 3.05) is 13.2 Å². The van der Waals surface area contributed by atoms with Gasteiger partial charge in [0.15, 0.2) is 5.82 Å². The molecule has 1 saturated heterocycles. The summed E-state index contributed by atoms with van der Waals surface area (Å²) in [5.41, 5.74) is -2.07. The number of ether oxygens (including phenoxy) is 2. The predicted octanol–water partition coefficient (Wildman–Crippen LogP) is 5.37. The van der Waals surface area contributed by atoms with Gasteiger partial charge in [-0.3, -0.25) is 0 Å². The highest BCUT2D eigenvalue weighted by Gasteiger charge is 2.40. The van der Waals surface area contributed by atoms with Gasteiger partial charge < -0.3 is 9.47 Å². The molecule has 12 heteroatoms. The highest BCUT2D eigenvalue weighted by atomic mass is 19.4. The standard InChI is InChI=1S/C24H24F6N4O2/c1-14(16-8-18(23(25,26)27)11-19(9-16)24(28,29)30)36-20-13-35-12-17(10-21-31-33-34(2)32-21)22(20)15-6-4-3-5-7-15/h3-9,11,14,17,20,22H,10,12-13H2,1-2H3/t14-,17-,20+,22+/m1/s1. The number of nitrogens with zero attached hydrogens (tertiary/aromatic N) is 4. The van der Waals surface area contributed by atoms with Crippen LogP contribution in [0.1, 0.15) is 47.0 Å². The maximum atomic E-state index is 13.4. The van der Waals surface area contributed by atoms with E-state index in [9.17, 15) is 26.3 Å². The molecule has 0 radical (unpaired) electrons. The molecule has 4 rings (SSSR count). The summed E-state index contributed by atoms with van der Waals surface area (Å²) in [6.07, 6.45) is -11.2. The molecule has 194 valence electrons. The van der Waals surface area contributed by atoms with Crippen LogP contribution in [-0.4, -0.2) is 39.5 Å². The average molecular weight is 514 g/mol. The first-order chi connectivity index (χ1) is 16.9. The summed E-state index contributed by atoms with van der Waals surface area (Å²) < 4.78 is 92.0. The minimum atomic E-state index is -4.94. The summed E-state index contributed by atoms with van der Waals surface area (Å²) in [6.45, 7) is 1.92. The van der Waals surface area contributed by atoms with Crippen LogP contribution in [0.2, 0.25) is 0 Å². The second-order valence-electron chi connectivity index (χ2n) is 8.79. The summed E-state index contributed by atoms with van der Waals surface area (Å²) in [6, 6.07) is 10.9. The van der Waals surface area contributed by atoms with Crippen LogP contribution in [0.3, 0.4) is 0 Å². The van der Waals surface area contributed by atoms with Crippen molar-refractivity contribution in [2.45, 2.75) is 43.8 Å². The molecule has 2 aromatic carbocycles. The van der Waals surface area contributed by atoms with Crippen LogP contribution < -0.4 is 0 Å². The fraction of sp³-hybridized carbons (Fsp3) is 0.458. The normalized spacial score (nSPS) is 21.9. The summed E-state index contributed by atoms with van der Waals surface area (Å²) in [5, 5.41) is 12.1. The molecule has 6 nitrogen and oxygen atoms in total. The third kappa shape index (κ3) is 6.04. The maximum absolute atomic E-state index is 13.4. The van der Waals surface area contributed by atoms with Crippen molar-refractivity contribution in [1.82, 2.24) is 20.2 Å². The van der Waals surface area contributed by atoms with E-state index in [1.807, 2.05) is 30.3 Å². The molecule has 1 aliphatic rings. The van der Waals surface area contributed by atoms with Crippen molar-refractivity contribution in [3.8, 4) is 0 Å². The first-order valence-corrected chi connectivity index (χ1v) is 11.2. The number of halogens is 6. The largest absolute Gasteiger partial charge is 0.416 e. The molecule has 1 aliphatic heterocycles. The van der Waals surface area contributed by atoms with Crippen LogP contribution in [0.5, 0.6) is 0 Å². The molecule has 0 unspecified atom stereocenters. The summed E-state index contributed by atoms with van der Waals surface area (Å²) in [5.74, 6) is 0.0716. The molecule has 0 bridgehead atoms. The van der Waals surface area contributed by atoms with Gasteiger partial charge >= 0.3 is 12.4 Å². The van der Waals surface area contributed by atoms with Crippen molar-refractivity contribution < 1.29 is 35.8 Å². The Kier molecular flexibility index (Phi) is 7.37. The summed E-state index contributed by atoms with van der Waals surface area (Å²) in [4.78, 5) is 1.33. The van der Waals surface area contributed by atoms with E-state index >= 15 is 0 Å². The summed E-state index contributed by atoms with van der Waals surface area (Å²) in [7, 11) is 1.64. The zero-order valence-corrected chi connectivity index (χ0v) is 19.4. The average Bonchev–Trinajstić information content (AvgIpc) is 3.23. The molecule has 0 N–H and O–H groups in total. The Hall–Kier alpha value is -2.99. The Morgan fingerprint density at radius 3 is 2.19 bits per heavy atom. The van der Waals surface area contributed by atoms with Gasteiger partial charge in [-0.05, 0) is 47.4 Å². The molecular weight excluding hydrogens is 490 g/mol. The second-order valence-corrected chi connectivity index (χ2v) is 8.79. The van der Waals surface area contributed by atoms with Crippen LogP contribution in [0.4, 0.5) is 26.3 Å². The van der Waals surface area contributed by atoms with Gasteiger partial charge in [0.2, 0.25) is 0 Å². The third-order valence-corrected chi connectivity index (χ3v) is 6.16. The quantitative estimate of drug-likeness (QED) is 0.414. The molecule has 3 aromatic rings. The van der Waals surface area contributed by atoms with Crippen LogP contribution in [0.25, 0.3) is 0 Å². The third-order valence-electron chi connectivity index (χ3n) is 6.16. The van der Waals surface area contributed by atoms with E-state index in [2.05, 4.69) is 15.4 Å². The van der Waals surface area contributed by atoms with Crippen molar-refractivity contribution in [3.63, 3.8) is 0 Å². The fourth-order valence-electron chi connectivity index (χ4n) is 4.51. The first-order valence-electron chi connectivity index (χ1n) is 11.2. The minimum Gasteiger partial charge on any atom is -0.378 e. The van der Waals surface area contributed by atoms with Gasteiger partial charge in [-0.2, -0.15) is 31.1 Å². The van der Waals surface area contributed by atoms with E-state index in [1.165, 1.54) is 11.7 Å². The number of aromatic nitrogens is 4. The number of benzene rings is 2. The lowest BCUT2D eigenvalue weighted by Crippen LogP contribution is -2.41. The molecule has 4 atom stereocenters. The van der Waals surface area contributed by atoms with Gasteiger partial charge in [0.1, 0.15) is 0 Å². The molecule has 0 amide bonds. The molecule has 0 aliphatic carbocycles. The lowest BCUT2D eigenvalue weighted by atomic mass is 9.79. The van der Waals surface area contributed by atoms with Crippen LogP contribution >= 0.6 is 0 Å². The highest BCUT2D eigenvalue weighted by Crippen LogP contribution is 2.41. The number of hydrogen-bond donors (Lipinski definition) is 0. The maximum Gasteiger partial charge on any atom is 0.416 e. The van der Waals surface area contributed by atoms with Gasteiger partial charge in [-0.1, -0.05) is 30.3 Å². The zero-order chi connectivity index (χ0) is 26.1. The van der Waals surface area contributed by atoms with E-state index in [0.29, 0.717) is 31.0 Å². The summed E-state index contributed by atoms with van der Waals surface area (Å²) >= 11 is 0. The molecule has 1 fully saturated rings. The van der Waals surface area contributed by atoms with E-state index in [1.54, 1.807) is 7.05 Å². The molecular formula is C24H24F6N4O2. The second kappa shape index (κ2) is 10.2. The lowest BCUT2D eigenvalue weighted by molar-refractivity contribution is -0.143. The van der Waals surface area contributed by atoms with E-state index in [0.717, 1.165) is 5.56 Å². The lowest BCUT2D eigenvalue weighted by Gasteiger charge is -2.39. The predicted molar refractivity (Wildman–Crippen MR) is 116 cm³/mol. The monoisotopic (exact) mass is 514 g/mol. The van der Waals surface area contributed by atoms with Crippen molar-refractivity contribution in [3.05, 3.63) is 76.6 Å². The van der Waals surface area contributed by atoms with Crippen molar-refractivity contribution in [1.29, 1.82) is 0 Å². The SMILES string of the molecule is C[C@@H](O[C@H]1COC[C@@H](Cc2nnn(C)n2)[C@@H]1c1ccccc1)c1cc(C(F)(F)F)cc(C(F)(F)F)c1. The zero-order valence-electron chi connectivity index (χ0n) is 19.4. The minimum absolute atomic E-state index is 0.108. The van der Waals surface area contributed by atoms with Gasteiger partial charge in [-0.25, -0.2) is 0 Å². The van der Waals surface area contributed by atoms with Crippen molar-refractivity contribution >= 4 is 0 Å². The Labute approximate surface area is 203 Å². The number of tetrazole rings is 1. The number of hydrogen-bond acceptors (Lipinski definition) is 5. The molecule has 1 aromatic heterocycles. The number of rotatable bonds is 6. The first kappa shape index (κ1) is 26.1. The van der Waals surface area contributed by atoms with Crippen LogP contribution in [0.15, 0.2) is 48.5 Å². The van der Waals surface area contributed by atoms with Gasteiger partial charge in [-0.15, -0.1) is 10.2 Å². The Balaban J connectivity index is 1.64. The molecule has 0 spiro atoms. The van der Waals surface area contributed by atoms with E-state index in [4.69, 9.17) is 9.47 Å². The highest BCUT2D eigenvalue weighted by molar-refractivity contribution is 5.35. The van der Waals surface area contributed by atoms with Gasteiger partial charge in [0.25, 0.3) is 0 Å². The van der Waals surface area contributed by atoms with Crippen LogP contribution in [0, 0.1) is 5.92 Å². The molecule has 0 saturated carbocycles. The van der Waals surface area contributed by atoms with Gasteiger partial charge in [0.05, 0.1) is 43.6 Å². The van der Waals surface area contributed by atoms with E-state index < -0.39 is 35.7 Å². The number of alkyl halides is 6. The Morgan fingerprint density at radius 1 is 1.00 bits per heavy atom.